The third-order valence-electron chi connectivity index (χ3n) is 4.31. The Balaban J connectivity index is 1.66. The highest BCUT2D eigenvalue weighted by molar-refractivity contribution is 6.30. The van der Waals surface area contributed by atoms with E-state index in [1.807, 2.05) is 12.3 Å². The van der Waals surface area contributed by atoms with E-state index in [1.54, 1.807) is 18.3 Å². The smallest absolute Gasteiger partial charge is 0.142 e. The summed E-state index contributed by atoms with van der Waals surface area (Å²) in [5.74, 6) is 1.03. The minimum absolute atomic E-state index is 0.178. The molecular formula is C16H20ClFN4. The number of H-pyrrole nitrogens is 1. The number of nitrogens with one attached hydrogen (secondary N) is 2. The van der Waals surface area contributed by atoms with Gasteiger partial charge in [-0.2, -0.15) is 0 Å². The van der Waals surface area contributed by atoms with Gasteiger partial charge in [0.1, 0.15) is 11.6 Å². The van der Waals surface area contributed by atoms with Gasteiger partial charge in [-0.15, -0.1) is 0 Å². The average molecular weight is 323 g/mol. The Kier molecular flexibility index (Phi) is 4.76. The summed E-state index contributed by atoms with van der Waals surface area (Å²) >= 11 is 5.79. The molecule has 0 unspecified atom stereocenters. The molecule has 1 aromatic carbocycles. The highest BCUT2D eigenvalue weighted by Crippen LogP contribution is 2.36. The van der Waals surface area contributed by atoms with Gasteiger partial charge in [0, 0.05) is 25.0 Å². The molecule has 22 heavy (non-hydrogen) atoms. The van der Waals surface area contributed by atoms with Crippen molar-refractivity contribution < 1.29 is 4.39 Å². The van der Waals surface area contributed by atoms with Crippen molar-refractivity contribution in [2.24, 2.45) is 5.92 Å². The predicted octanol–water partition coefficient (Wildman–Crippen LogP) is 2.98. The van der Waals surface area contributed by atoms with Gasteiger partial charge < -0.3 is 10.3 Å². The van der Waals surface area contributed by atoms with Crippen LogP contribution in [0.5, 0.6) is 0 Å². The second kappa shape index (κ2) is 6.77. The minimum atomic E-state index is -0.346. The molecule has 0 saturated carbocycles. The Bertz CT molecular complexity index is 617. The number of benzene rings is 1. The maximum absolute atomic E-state index is 13.7. The highest BCUT2D eigenvalue weighted by Gasteiger charge is 2.32. The van der Waals surface area contributed by atoms with Gasteiger partial charge in [-0.25, -0.2) is 9.37 Å². The molecule has 6 heteroatoms. The van der Waals surface area contributed by atoms with E-state index >= 15 is 0 Å². The Labute approximate surface area is 134 Å². The zero-order valence-corrected chi connectivity index (χ0v) is 13.3. The van der Waals surface area contributed by atoms with Crippen molar-refractivity contribution in [3.05, 3.63) is 52.8 Å². The average Bonchev–Trinajstić information content (AvgIpc) is 3.13. The maximum atomic E-state index is 13.7. The summed E-state index contributed by atoms with van der Waals surface area (Å²) in [4.78, 5) is 9.56. The molecule has 2 atom stereocenters. The van der Waals surface area contributed by atoms with E-state index in [9.17, 15) is 4.39 Å². The molecule has 4 nitrogen and oxygen atoms in total. The molecule has 118 valence electrons. The Morgan fingerprint density at radius 2 is 2.36 bits per heavy atom. The Hall–Kier alpha value is -1.43. The van der Waals surface area contributed by atoms with Crippen LogP contribution in [0.4, 0.5) is 4.39 Å². The summed E-state index contributed by atoms with van der Waals surface area (Å²) in [5, 5.41) is 3.61. The molecule has 0 radical (unpaired) electrons. The largest absolute Gasteiger partial charge is 0.348 e. The number of hydrogen-bond acceptors (Lipinski definition) is 3. The van der Waals surface area contributed by atoms with Crippen LogP contribution in [0.15, 0.2) is 30.6 Å². The molecule has 2 N–H and O–H groups in total. The predicted molar refractivity (Wildman–Crippen MR) is 85.2 cm³/mol. The van der Waals surface area contributed by atoms with E-state index < -0.39 is 0 Å². The second-order valence-electron chi connectivity index (χ2n) is 5.81. The van der Waals surface area contributed by atoms with E-state index in [1.165, 1.54) is 0 Å². The number of nitrogens with zero attached hydrogens (tertiary/aromatic N) is 2. The van der Waals surface area contributed by atoms with Crippen LogP contribution >= 0.6 is 11.6 Å². The summed E-state index contributed by atoms with van der Waals surface area (Å²) in [6.45, 7) is 2.61. The van der Waals surface area contributed by atoms with E-state index in [2.05, 4.69) is 27.2 Å². The fourth-order valence-electron chi connectivity index (χ4n) is 3.23. The topological polar surface area (TPSA) is 44.0 Å². The van der Waals surface area contributed by atoms with Gasteiger partial charge in [0.2, 0.25) is 0 Å². The molecule has 1 aromatic heterocycles. The first kappa shape index (κ1) is 15.5. The first-order valence-electron chi connectivity index (χ1n) is 7.49. The van der Waals surface area contributed by atoms with Gasteiger partial charge in [0.05, 0.1) is 11.6 Å². The number of aromatic amines is 1. The lowest BCUT2D eigenvalue weighted by molar-refractivity contribution is 0.271. The first-order chi connectivity index (χ1) is 10.6. The van der Waals surface area contributed by atoms with Crippen LogP contribution in [0.1, 0.15) is 23.9 Å². The molecular weight excluding hydrogens is 303 g/mol. The molecule has 1 aliphatic rings. The minimum Gasteiger partial charge on any atom is -0.348 e. The number of halogens is 2. The van der Waals surface area contributed by atoms with E-state index in [0.717, 1.165) is 37.4 Å². The van der Waals surface area contributed by atoms with Gasteiger partial charge in [-0.1, -0.05) is 17.7 Å². The highest BCUT2D eigenvalue weighted by atomic mass is 35.5. The van der Waals surface area contributed by atoms with Crippen LogP contribution in [0.25, 0.3) is 0 Å². The lowest BCUT2D eigenvalue weighted by atomic mass is 9.93. The molecule has 2 aromatic rings. The lowest BCUT2D eigenvalue weighted by Crippen LogP contribution is -2.28. The summed E-state index contributed by atoms with van der Waals surface area (Å²) in [5.41, 5.74) is 0.992. The van der Waals surface area contributed by atoms with Gasteiger partial charge in [0.25, 0.3) is 0 Å². The zero-order chi connectivity index (χ0) is 15.5. The quantitative estimate of drug-likeness (QED) is 0.889. The van der Waals surface area contributed by atoms with E-state index in [0.29, 0.717) is 5.92 Å². The molecule has 0 spiro atoms. The first-order valence-corrected chi connectivity index (χ1v) is 7.87. The number of likely N-dealkylation sites (tertiary alicyclic amines) is 1. The Morgan fingerprint density at radius 1 is 1.50 bits per heavy atom. The van der Waals surface area contributed by atoms with Crippen molar-refractivity contribution in [2.75, 3.05) is 20.1 Å². The molecule has 1 saturated heterocycles. The molecule has 0 amide bonds. The Morgan fingerprint density at radius 3 is 3.09 bits per heavy atom. The van der Waals surface area contributed by atoms with Crippen molar-refractivity contribution in [3.8, 4) is 0 Å². The molecule has 2 heterocycles. The SMILES string of the molecule is CN1CC[C@H](CNCc2ncc[nH]2)[C@H]1c1ccc(Cl)c(F)c1. The number of imidazole rings is 1. The maximum Gasteiger partial charge on any atom is 0.142 e. The van der Waals surface area contributed by atoms with E-state index in [-0.39, 0.29) is 16.9 Å². The number of rotatable bonds is 5. The van der Waals surface area contributed by atoms with Crippen molar-refractivity contribution in [2.45, 2.75) is 19.0 Å². The van der Waals surface area contributed by atoms with Crippen LogP contribution in [0, 0.1) is 11.7 Å². The summed E-state index contributed by atoms with van der Waals surface area (Å²) in [6, 6.07) is 5.35. The van der Waals surface area contributed by atoms with E-state index in [4.69, 9.17) is 11.6 Å². The standard InChI is InChI=1S/C16H20ClFN4/c1-22-7-4-12(9-19-10-15-20-5-6-21-15)16(22)11-2-3-13(17)14(18)8-11/h2-3,5-6,8,12,16,19H,4,7,9-10H2,1H3,(H,20,21)/t12-,16-/m1/s1. The number of aromatic nitrogens is 2. The lowest BCUT2D eigenvalue weighted by Gasteiger charge is -2.26. The summed E-state index contributed by atoms with van der Waals surface area (Å²) in [6.07, 6.45) is 4.66. The molecule has 0 bridgehead atoms. The zero-order valence-electron chi connectivity index (χ0n) is 12.5. The molecule has 0 aliphatic carbocycles. The van der Waals surface area contributed by atoms with Crippen molar-refractivity contribution in [1.29, 1.82) is 0 Å². The fourth-order valence-corrected chi connectivity index (χ4v) is 3.35. The third kappa shape index (κ3) is 3.32. The monoisotopic (exact) mass is 322 g/mol. The van der Waals surface area contributed by atoms with Crippen LogP contribution in [0.2, 0.25) is 5.02 Å². The number of hydrogen-bond donors (Lipinski definition) is 2. The third-order valence-corrected chi connectivity index (χ3v) is 4.62. The fraction of sp³-hybridized carbons (Fsp3) is 0.438. The van der Waals surface area contributed by atoms with Crippen LogP contribution in [-0.4, -0.2) is 35.0 Å². The van der Waals surface area contributed by atoms with Crippen LogP contribution in [-0.2, 0) is 6.54 Å². The van der Waals surface area contributed by atoms with Gasteiger partial charge in [0.15, 0.2) is 0 Å². The molecule has 1 fully saturated rings. The van der Waals surface area contributed by atoms with Gasteiger partial charge >= 0.3 is 0 Å². The van der Waals surface area contributed by atoms with Gasteiger partial charge in [-0.3, -0.25) is 4.90 Å². The van der Waals surface area contributed by atoms with Crippen LogP contribution < -0.4 is 5.32 Å². The molecule has 1 aliphatic heterocycles. The summed E-state index contributed by atoms with van der Waals surface area (Å²) < 4.78 is 13.7. The normalized spacial score (nSPS) is 22.3. The molecule has 3 rings (SSSR count). The summed E-state index contributed by atoms with van der Waals surface area (Å²) in [7, 11) is 2.09. The second-order valence-corrected chi connectivity index (χ2v) is 6.22. The van der Waals surface area contributed by atoms with Crippen molar-refractivity contribution in [3.63, 3.8) is 0 Å². The van der Waals surface area contributed by atoms with Crippen molar-refractivity contribution in [1.82, 2.24) is 20.2 Å². The van der Waals surface area contributed by atoms with Crippen LogP contribution in [0.3, 0.4) is 0 Å². The van der Waals surface area contributed by atoms with Crippen molar-refractivity contribution >= 4 is 11.6 Å². The van der Waals surface area contributed by atoms with Gasteiger partial charge in [-0.05, 0) is 43.6 Å².